The van der Waals surface area contributed by atoms with E-state index in [1.807, 2.05) is 34.6 Å². The van der Waals surface area contributed by atoms with Crippen LogP contribution in [0.4, 0.5) is 4.79 Å². The summed E-state index contributed by atoms with van der Waals surface area (Å²) in [6, 6.07) is -0.132. The maximum Gasteiger partial charge on any atom is 0.407 e. The Bertz CT molecular complexity index is 313. The van der Waals surface area contributed by atoms with Crippen molar-refractivity contribution in [1.82, 2.24) is 5.32 Å². The Balaban J connectivity index is 2.46. The van der Waals surface area contributed by atoms with Gasteiger partial charge in [0.1, 0.15) is 11.4 Å². The van der Waals surface area contributed by atoms with Gasteiger partial charge < -0.3 is 10.1 Å². The van der Waals surface area contributed by atoms with E-state index in [0.717, 1.165) is 12.8 Å². The van der Waals surface area contributed by atoms with Crippen molar-refractivity contribution in [2.45, 2.75) is 65.5 Å². The summed E-state index contributed by atoms with van der Waals surface area (Å²) < 4.78 is 5.21. The predicted octanol–water partition coefficient (Wildman–Crippen LogP) is 2.90. The van der Waals surface area contributed by atoms with E-state index in [9.17, 15) is 9.59 Å². The molecule has 1 saturated carbocycles. The van der Waals surface area contributed by atoms with Gasteiger partial charge in [0.05, 0.1) is 0 Å². The first-order chi connectivity index (χ1) is 8.19. The number of hydrogen-bond acceptors (Lipinski definition) is 3. The number of Topliss-reactive ketones (excluding diaryl/α,β-unsaturated/α-hetero) is 1. The van der Waals surface area contributed by atoms with E-state index in [1.165, 1.54) is 0 Å². The molecule has 0 unspecified atom stereocenters. The van der Waals surface area contributed by atoms with Gasteiger partial charge in [0.2, 0.25) is 0 Å². The maximum absolute atomic E-state index is 11.8. The van der Waals surface area contributed by atoms with Crippen LogP contribution in [-0.2, 0) is 9.53 Å². The molecular weight excluding hydrogens is 230 g/mol. The van der Waals surface area contributed by atoms with Crippen LogP contribution < -0.4 is 5.32 Å². The van der Waals surface area contributed by atoms with Crippen LogP contribution >= 0.6 is 0 Å². The first kappa shape index (κ1) is 15.0. The van der Waals surface area contributed by atoms with Gasteiger partial charge in [-0.3, -0.25) is 4.79 Å². The lowest BCUT2D eigenvalue weighted by Gasteiger charge is -2.25. The molecule has 1 aliphatic carbocycles. The normalized spacial score (nSPS) is 17.4. The molecule has 104 valence electrons. The molecule has 0 saturated heterocycles. The SMILES string of the molecule is CC(C)[C@H](CC(=O)C1CC1)NC(=O)OC(C)(C)C. The zero-order valence-corrected chi connectivity index (χ0v) is 12.1. The molecule has 1 fully saturated rings. The highest BCUT2D eigenvalue weighted by Gasteiger charge is 2.32. The van der Waals surface area contributed by atoms with Gasteiger partial charge >= 0.3 is 6.09 Å². The number of ketones is 1. The van der Waals surface area contributed by atoms with Crippen LogP contribution in [0.15, 0.2) is 0 Å². The van der Waals surface area contributed by atoms with Gasteiger partial charge in [-0.15, -0.1) is 0 Å². The zero-order chi connectivity index (χ0) is 13.9. The molecule has 4 heteroatoms. The molecule has 1 aliphatic rings. The van der Waals surface area contributed by atoms with Gasteiger partial charge in [-0.1, -0.05) is 13.8 Å². The minimum Gasteiger partial charge on any atom is -0.444 e. The lowest BCUT2D eigenvalue weighted by Crippen LogP contribution is -2.43. The average Bonchev–Trinajstić information content (AvgIpc) is 2.95. The fourth-order valence-corrected chi connectivity index (χ4v) is 1.70. The highest BCUT2D eigenvalue weighted by molar-refractivity contribution is 5.84. The van der Waals surface area contributed by atoms with Gasteiger partial charge in [-0.25, -0.2) is 4.79 Å². The van der Waals surface area contributed by atoms with Crippen LogP contribution in [0.5, 0.6) is 0 Å². The molecule has 0 radical (unpaired) electrons. The van der Waals surface area contributed by atoms with Gasteiger partial charge in [0.15, 0.2) is 0 Å². The number of carbonyl (C=O) groups is 2. The lowest BCUT2D eigenvalue weighted by atomic mass is 9.97. The lowest BCUT2D eigenvalue weighted by molar-refractivity contribution is -0.120. The number of carbonyl (C=O) groups excluding carboxylic acids is 2. The summed E-state index contributed by atoms with van der Waals surface area (Å²) in [5, 5.41) is 2.80. The molecule has 0 aromatic heterocycles. The fraction of sp³-hybridized carbons (Fsp3) is 0.857. The Hall–Kier alpha value is -1.06. The van der Waals surface area contributed by atoms with Crippen LogP contribution in [0.25, 0.3) is 0 Å². The monoisotopic (exact) mass is 255 g/mol. The van der Waals surface area contributed by atoms with E-state index in [4.69, 9.17) is 4.74 Å². The molecule has 18 heavy (non-hydrogen) atoms. The van der Waals surface area contributed by atoms with E-state index in [-0.39, 0.29) is 23.7 Å². The summed E-state index contributed by atoms with van der Waals surface area (Å²) in [7, 11) is 0. The summed E-state index contributed by atoms with van der Waals surface area (Å²) in [5.41, 5.74) is -0.508. The van der Waals surface area contributed by atoms with Crippen molar-refractivity contribution in [3.05, 3.63) is 0 Å². The largest absolute Gasteiger partial charge is 0.444 e. The smallest absolute Gasteiger partial charge is 0.407 e. The summed E-state index contributed by atoms with van der Waals surface area (Å²) in [6.07, 6.45) is 2.00. The molecule has 0 bridgehead atoms. The van der Waals surface area contributed by atoms with Crippen LogP contribution in [-0.4, -0.2) is 23.5 Å². The minimum atomic E-state index is -0.508. The van der Waals surface area contributed by atoms with E-state index in [2.05, 4.69) is 5.32 Å². The first-order valence-electron chi connectivity index (χ1n) is 6.71. The first-order valence-corrected chi connectivity index (χ1v) is 6.71. The van der Waals surface area contributed by atoms with Gasteiger partial charge in [-0.2, -0.15) is 0 Å². The number of rotatable bonds is 5. The molecule has 0 heterocycles. The predicted molar refractivity (Wildman–Crippen MR) is 70.3 cm³/mol. The van der Waals surface area contributed by atoms with Crippen LogP contribution in [0.2, 0.25) is 0 Å². The third-order valence-electron chi connectivity index (χ3n) is 2.96. The highest BCUT2D eigenvalue weighted by Crippen LogP contribution is 2.31. The number of amides is 1. The number of nitrogens with one attached hydrogen (secondary N) is 1. The molecule has 4 nitrogen and oxygen atoms in total. The Kier molecular flexibility index (Phi) is 4.77. The molecule has 1 amide bonds. The number of ether oxygens (including phenoxy) is 1. The zero-order valence-electron chi connectivity index (χ0n) is 12.1. The fourth-order valence-electron chi connectivity index (χ4n) is 1.70. The van der Waals surface area contributed by atoms with E-state index < -0.39 is 11.7 Å². The standard InChI is InChI=1S/C14H25NO3/c1-9(2)11(8-12(16)10-6-7-10)15-13(17)18-14(3,4)5/h9-11H,6-8H2,1-5H3,(H,15,17)/t11-/m0/s1. The summed E-state index contributed by atoms with van der Waals surface area (Å²) in [4.78, 5) is 23.5. The third-order valence-corrected chi connectivity index (χ3v) is 2.96. The Morgan fingerprint density at radius 2 is 1.83 bits per heavy atom. The highest BCUT2D eigenvalue weighted by atomic mass is 16.6. The molecule has 0 spiro atoms. The van der Waals surface area contributed by atoms with Crippen LogP contribution in [0, 0.1) is 11.8 Å². The van der Waals surface area contributed by atoms with Crippen molar-refractivity contribution in [2.75, 3.05) is 0 Å². The van der Waals surface area contributed by atoms with Crippen molar-refractivity contribution >= 4 is 11.9 Å². The Morgan fingerprint density at radius 1 is 1.28 bits per heavy atom. The molecule has 0 aliphatic heterocycles. The van der Waals surface area contributed by atoms with E-state index in [1.54, 1.807) is 0 Å². The van der Waals surface area contributed by atoms with Crippen molar-refractivity contribution in [3.63, 3.8) is 0 Å². The molecule has 1 atom stereocenters. The van der Waals surface area contributed by atoms with Crippen LogP contribution in [0.1, 0.15) is 53.9 Å². The van der Waals surface area contributed by atoms with Crippen molar-refractivity contribution in [1.29, 1.82) is 0 Å². The molecular formula is C14H25NO3. The molecule has 0 aromatic carbocycles. The second-order valence-corrected chi connectivity index (χ2v) is 6.44. The molecule has 1 rings (SSSR count). The van der Waals surface area contributed by atoms with Gasteiger partial charge in [-0.05, 0) is 39.5 Å². The Labute approximate surface area is 109 Å². The van der Waals surface area contributed by atoms with Crippen molar-refractivity contribution in [3.8, 4) is 0 Å². The topological polar surface area (TPSA) is 55.4 Å². The van der Waals surface area contributed by atoms with Crippen molar-refractivity contribution < 1.29 is 14.3 Å². The second kappa shape index (κ2) is 5.72. The maximum atomic E-state index is 11.8. The van der Waals surface area contributed by atoms with Crippen molar-refractivity contribution in [2.24, 2.45) is 11.8 Å². The average molecular weight is 255 g/mol. The number of hydrogen-bond donors (Lipinski definition) is 1. The molecule has 1 N–H and O–H groups in total. The minimum absolute atomic E-state index is 0.132. The van der Waals surface area contributed by atoms with Crippen LogP contribution in [0.3, 0.4) is 0 Å². The number of alkyl carbamates (subject to hydrolysis) is 1. The summed E-state index contributed by atoms with van der Waals surface area (Å²) in [6.45, 7) is 9.48. The Morgan fingerprint density at radius 3 is 2.22 bits per heavy atom. The second-order valence-electron chi connectivity index (χ2n) is 6.44. The summed E-state index contributed by atoms with van der Waals surface area (Å²) >= 11 is 0. The van der Waals surface area contributed by atoms with Gasteiger partial charge in [0, 0.05) is 18.4 Å². The quantitative estimate of drug-likeness (QED) is 0.821. The third kappa shape index (κ3) is 5.52. The van der Waals surface area contributed by atoms with E-state index in [0.29, 0.717) is 6.42 Å². The van der Waals surface area contributed by atoms with Gasteiger partial charge in [0.25, 0.3) is 0 Å². The molecule has 0 aromatic rings. The van der Waals surface area contributed by atoms with E-state index >= 15 is 0 Å². The summed E-state index contributed by atoms with van der Waals surface area (Å²) in [5.74, 6) is 0.733.